The van der Waals surface area contributed by atoms with Crippen molar-refractivity contribution in [2.75, 3.05) is 13.1 Å². The van der Waals surface area contributed by atoms with E-state index < -0.39 is 0 Å². The van der Waals surface area contributed by atoms with Crippen molar-refractivity contribution in [2.45, 2.75) is 32.7 Å². The number of benzene rings is 1. The Morgan fingerprint density at radius 1 is 1.33 bits per heavy atom. The molecule has 1 aromatic heterocycles. The molecule has 0 bridgehead atoms. The predicted molar refractivity (Wildman–Crippen MR) is 99.0 cm³/mol. The number of hydrogen-bond acceptors (Lipinski definition) is 3. The quantitative estimate of drug-likeness (QED) is 0.796. The lowest BCUT2D eigenvalue weighted by atomic mass is 9.77. The van der Waals surface area contributed by atoms with Crippen LogP contribution in [0.1, 0.15) is 37.0 Å². The van der Waals surface area contributed by atoms with Crippen molar-refractivity contribution in [3.05, 3.63) is 46.2 Å². The highest BCUT2D eigenvalue weighted by atomic mass is 35.5. The number of aromatic nitrogens is 1. The Labute approximate surface area is 147 Å². The second-order valence-corrected chi connectivity index (χ2v) is 6.90. The number of para-hydroxylation sites is 1. The van der Waals surface area contributed by atoms with Gasteiger partial charge in [-0.2, -0.15) is 0 Å². The molecule has 1 atom stereocenters. The molecule has 3 rings (SSSR count). The van der Waals surface area contributed by atoms with Crippen LogP contribution in [0, 0.1) is 5.41 Å². The molecule has 3 N–H and O–H groups in total. The molecule has 1 aliphatic heterocycles. The second kappa shape index (κ2) is 7.36. The number of aromatic amines is 1. The van der Waals surface area contributed by atoms with Crippen LogP contribution in [0.4, 0.5) is 0 Å². The third kappa shape index (κ3) is 3.79. The average Bonchev–Trinajstić information content (AvgIpc) is 2.52. The van der Waals surface area contributed by atoms with Gasteiger partial charge in [0, 0.05) is 29.6 Å². The number of H-pyrrole nitrogens is 1. The third-order valence-corrected chi connectivity index (χ3v) is 4.79. The number of halogens is 1. The summed E-state index contributed by atoms with van der Waals surface area (Å²) in [5.74, 6) is -0.199. The molecule has 2 aromatic rings. The van der Waals surface area contributed by atoms with Gasteiger partial charge in [0.15, 0.2) is 0 Å². The monoisotopic (exact) mass is 349 g/mol. The molecule has 0 spiro atoms. The summed E-state index contributed by atoms with van der Waals surface area (Å²) in [5, 5.41) is 7.24. The predicted octanol–water partition coefficient (Wildman–Crippen LogP) is 2.46. The van der Waals surface area contributed by atoms with Crippen molar-refractivity contribution in [1.29, 1.82) is 0 Å². The Morgan fingerprint density at radius 2 is 2.08 bits per heavy atom. The largest absolute Gasteiger partial charge is 0.350 e. The zero-order chi connectivity index (χ0) is 16.4. The molecule has 2 heterocycles. The molecular formula is C18H24ClN3O2. The van der Waals surface area contributed by atoms with Crippen molar-refractivity contribution < 1.29 is 4.79 Å². The smallest absolute Gasteiger partial charge is 0.252 e. The van der Waals surface area contributed by atoms with Crippen LogP contribution in [-0.2, 0) is 0 Å². The number of piperidine rings is 1. The SMILES string of the molecule is CC1(C)CCCNC1CNC(=O)c1cc(=O)[nH]c2ccccc12.Cl. The maximum absolute atomic E-state index is 12.6. The summed E-state index contributed by atoms with van der Waals surface area (Å²) in [6.07, 6.45) is 2.31. The first-order valence-corrected chi connectivity index (χ1v) is 8.11. The summed E-state index contributed by atoms with van der Waals surface area (Å²) in [4.78, 5) is 27.1. The number of amides is 1. The van der Waals surface area contributed by atoms with Crippen molar-refractivity contribution in [3.63, 3.8) is 0 Å². The van der Waals surface area contributed by atoms with E-state index in [-0.39, 0.29) is 35.3 Å². The Morgan fingerprint density at radius 3 is 2.83 bits per heavy atom. The molecule has 1 aliphatic rings. The fourth-order valence-electron chi connectivity index (χ4n) is 3.30. The molecular weight excluding hydrogens is 326 g/mol. The lowest BCUT2D eigenvalue weighted by Gasteiger charge is -2.39. The number of pyridine rings is 1. The standard InChI is InChI=1S/C18H23N3O2.ClH/c1-18(2)8-5-9-19-15(18)11-20-17(23)13-10-16(22)21-14-7-4-3-6-12(13)14;/h3-4,6-7,10,15,19H,5,8-9,11H2,1-2H3,(H,20,23)(H,21,22);1H. The van der Waals surface area contributed by atoms with Gasteiger partial charge in [-0.15, -0.1) is 12.4 Å². The molecule has 1 fully saturated rings. The van der Waals surface area contributed by atoms with E-state index in [0.29, 0.717) is 17.6 Å². The molecule has 1 unspecified atom stereocenters. The first kappa shape index (κ1) is 18.5. The fourth-order valence-corrected chi connectivity index (χ4v) is 3.30. The molecule has 0 aliphatic carbocycles. The van der Waals surface area contributed by atoms with Gasteiger partial charge in [0.2, 0.25) is 5.56 Å². The van der Waals surface area contributed by atoms with Crippen LogP contribution in [0.15, 0.2) is 35.1 Å². The van der Waals surface area contributed by atoms with Crippen molar-refractivity contribution in [2.24, 2.45) is 5.41 Å². The minimum absolute atomic E-state index is 0. The highest BCUT2D eigenvalue weighted by molar-refractivity contribution is 6.05. The fraction of sp³-hybridized carbons (Fsp3) is 0.444. The maximum atomic E-state index is 12.6. The van der Waals surface area contributed by atoms with Gasteiger partial charge >= 0.3 is 0 Å². The molecule has 6 heteroatoms. The zero-order valence-corrected chi connectivity index (χ0v) is 14.8. The lowest BCUT2D eigenvalue weighted by molar-refractivity contribution is 0.0930. The molecule has 5 nitrogen and oxygen atoms in total. The minimum atomic E-state index is -0.259. The van der Waals surface area contributed by atoms with E-state index in [1.54, 1.807) is 6.07 Å². The highest BCUT2D eigenvalue weighted by Crippen LogP contribution is 2.29. The van der Waals surface area contributed by atoms with Crippen LogP contribution in [0.25, 0.3) is 10.9 Å². The molecule has 1 amide bonds. The number of hydrogen-bond donors (Lipinski definition) is 3. The summed E-state index contributed by atoms with van der Waals surface area (Å²) < 4.78 is 0. The van der Waals surface area contributed by atoms with E-state index >= 15 is 0 Å². The normalized spacial score (nSPS) is 19.5. The van der Waals surface area contributed by atoms with Crippen LogP contribution in [0.2, 0.25) is 0 Å². The first-order chi connectivity index (χ1) is 11.0. The van der Waals surface area contributed by atoms with Crippen LogP contribution < -0.4 is 16.2 Å². The van der Waals surface area contributed by atoms with E-state index in [9.17, 15) is 9.59 Å². The first-order valence-electron chi connectivity index (χ1n) is 8.11. The summed E-state index contributed by atoms with van der Waals surface area (Å²) in [5.41, 5.74) is 1.01. The molecule has 1 aromatic carbocycles. The van der Waals surface area contributed by atoms with Gasteiger partial charge < -0.3 is 15.6 Å². The molecule has 130 valence electrons. The Bertz CT molecular complexity index is 785. The van der Waals surface area contributed by atoms with Gasteiger partial charge in [0.25, 0.3) is 5.91 Å². The van der Waals surface area contributed by atoms with Crippen molar-refractivity contribution in [1.82, 2.24) is 15.6 Å². The maximum Gasteiger partial charge on any atom is 0.252 e. The van der Waals surface area contributed by atoms with E-state index in [1.165, 1.54) is 6.07 Å². The molecule has 1 saturated heterocycles. The zero-order valence-electron chi connectivity index (χ0n) is 14.0. The number of fused-ring (bicyclic) bond motifs is 1. The summed E-state index contributed by atoms with van der Waals surface area (Å²) in [6, 6.07) is 8.98. The average molecular weight is 350 g/mol. The van der Waals surface area contributed by atoms with Gasteiger partial charge in [0.1, 0.15) is 0 Å². The number of carbonyl (C=O) groups excluding carboxylic acids is 1. The van der Waals surface area contributed by atoms with Crippen LogP contribution in [0.5, 0.6) is 0 Å². The van der Waals surface area contributed by atoms with Gasteiger partial charge in [0.05, 0.1) is 5.56 Å². The van der Waals surface area contributed by atoms with Crippen LogP contribution in [-0.4, -0.2) is 30.0 Å². The molecule has 0 radical (unpaired) electrons. The molecule has 24 heavy (non-hydrogen) atoms. The Hall–Kier alpha value is -1.85. The van der Waals surface area contributed by atoms with E-state index in [0.717, 1.165) is 24.8 Å². The minimum Gasteiger partial charge on any atom is -0.350 e. The van der Waals surface area contributed by atoms with E-state index in [1.807, 2.05) is 18.2 Å². The van der Waals surface area contributed by atoms with Crippen LogP contribution >= 0.6 is 12.4 Å². The van der Waals surface area contributed by atoms with Crippen molar-refractivity contribution >= 4 is 29.2 Å². The topological polar surface area (TPSA) is 74.0 Å². The summed E-state index contributed by atoms with van der Waals surface area (Å²) in [6.45, 7) is 5.99. The molecule has 0 saturated carbocycles. The summed E-state index contributed by atoms with van der Waals surface area (Å²) >= 11 is 0. The Kier molecular flexibility index (Phi) is 5.67. The van der Waals surface area contributed by atoms with E-state index in [4.69, 9.17) is 0 Å². The summed E-state index contributed by atoms with van der Waals surface area (Å²) in [7, 11) is 0. The van der Waals surface area contributed by atoms with Crippen LogP contribution in [0.3, 0.4) is 0 Å². The van der Waals surface area contributed by atoms with Gasteiger partial charge in [-0.1, -0.05) is 32.0 Å². The lowest BCUT2D eigenvalue weighted by Crippen LogP contribution is -2.52. The second-order valence-electron chi connectivity index (χ2n) is 6.90. The van der Waals surface area contributed by atoms with Gasteiger partial charge in [-0.25, -0.2) is 0 Å². The third-order valence-electron chi connectivity index (χ3n) is 4.79. The van der Waals surface area contributed by atoms with E-state index in [2.05, 4.69) is 29.5 Å². The number of nitrogens with one attached hydrogen (secondary N) is 3. The highest BCUT2D eigenvalue weighted by Gasteiger charge is 2.32. The number of rotatable bonds is 3. The Balaban J connectivity index is 0.00000208. The van der Waals surface area contributed by atoms with Crippen molar-refractivity contribution in [3.8, 4) is 0 Å². The number of carbonyl (C=O) groups is 1. The van der Waals surface area contributed by atoms with Gasteiger partial charge in [-0.05, 0) is 30.9 Å². The van der Waals surface area contributed by atoms with Gasteiger partial charge in [-0.3, -0.25) is 9.59 Å².